The van der Waals surface area contributed by atoms with Crippen molar-refractivity contribution < 1.29 is 4.42 Å². The number of hydrogen-bond donors (Lipinski definition) is 0. The van der Waals surface area contributed by atoms with Gasteiger partial charge in [0.1, 0.15) is 5.58 Å². The summed E-state index contributed by atoms with van der Waals surface area (Å²) >= 11 is 0. The molecule has 3 nitrogen and oxygen atoms in total. The second-order valence-electron chi connectivity index (χ2n) is 20.0. The highest BCUT2D eigenvalue weighted by atomic mass is 16.3. The number of furan rings is 1. The van der Waals surface area contributed by atoms with Crippen molar-refractivity contribution in [2.45, 2.75) is 124 Å². The Morgan fingerprint density at radius 3 is 1.56 bits per heavy atom. The molecule has 0 unspecified atom stereocenters. The van der Waals surface area contributed by atoms with Gasteiger partial charge in [-0.2, -0.15) is 0 Å². The van der Waals surface area contributed by atoms with Gasteiger partial charge in [0.05, 0.1) is 17.0 Å². The first-order valence-electron chi connectivity index (χ1n) is 20.7. The molecule has 3 heterocycles. The molecule has 0 saturated carbocycles. The lowest BCUT2D eigenvalue weighted by atomic mass is 9.35. The first-order chi connectivity index (χ1) is 26.0. The summed E-state index contributed by atoms with van der Waals surface area (Å²) < 4.78 is 7.48. The lowest BCUT2D eigenvalue weighted by Gasteiger charge is -2.47. The zero-order valence-corrected chi connectivity index (χ0v) is 34.8. The van der Waals surface area contributed by atoms with Crippen molar-refractivity contribution in [2.75, 3.05) is 9.80 Å². The molecule has 0 saturated heterocycles. The molecular weight excluding hydrogens is 667 g/mol. The fraction of sp³-hybridized carbons (Fsp3) is 0.373. The van der Waals surface area contributed by atoms with Crippen molar-refractivity contribution in [1.82, 2.24) is 0 Å². The molecule has 1 aromatic heterocycles. The van der Waals surface area contributed by atoms with Crippen LogP contribution in [0, 0.1) is 20.8 Å². The molecule has 0 spiro atoms. The van der Waals surface area contributed by atoms with Crippen LogP contribution < -0.4 is 26.4 Å². The third-order valence-electron chi connectivity index (χ3n) is 14.5. The minimum atomic E-state index is -0.0615. The summed E-state index contributed by atoms with van der Waals surface area (Å²) in [6.45, 7) is 26.3. The third kappa shape index (κ3) is 4.76. The van der Waals surface area contributed by atoms with E-state index >= 15 is 0 Å². The number of nitrogens with zero attached hydrogens (tertiary/aromatic N) is 2. The molecule has 6 aromatic rings. The van der Waals surface area contributed by atoms with Crippen molar-refractivity contribution in [3.05, 3.63) is 124 Å². The Morgan fingerprint density at radius 1 is 0.491 bits per heavy atom. The van der Waals surface area contributed by atoms with Crippen LogP contribution in [0.3, 0.4) is 0 Å². The van der Waals surface area contributed by atoms with E-state index in [4.69, 9.17) is 4.42 Å². The van der Waals surface area contributed by atoms with Crippen LogP contribution in [0.25, 0.3) is 11.0 Å². The van der Waals surface area contributed by atoms with Crippen LogP contribution in [-0.4, -0.2) is 6.71 Å². The van der Waals surface area contributed by atoms with Gasteiger partial charge in [-0.05, 0) is 154 Å². The van der Waals surface area contributed by atoms with Crippen LogP contribution in [0.1, 0.15) is 120 Å². The van der Waals surface area contributed by atoms with E-state index in [1.807, 2.05) is 0 Å². The van der Waals surface area contributed by atoms with Crippen molar-refractivity contribution in [3.8, 4) is 0 Å². The van der Waals surface area contributed by atoms with Crippen LogP contribution >= 0.6 is 0 Å². The number of fused-ring (bicyclic) bond motifs is 8. The Balaban J connectivity index is 1.37. The normalized spacial score (nSPS) is 19.4. The van der Waals surface area contributed by atoms with Gasteiger partial charge in [-0.3, -0.25) is 0 Å². The van der Waals surface area contributed by atoms with E-state index in [-0.39, 0.29) is 28.4 Å². The SMILES string of the molecule is Cc1ccccc1N1c2cccc3c2B(c2cc4c(cc2N3c2c(C)cccc2C)C(C)(C)CCC4(C)C)c2oc3cc4c(cc3c21)C(C)(C)CCC4(C)C. The molecule has 4 heteroatoms. The Morgan fingerprint density at radius 2 is 0.964 bits per heavy atom. The molecule has 0 amide bonds. The molecule has 55 heavy (non-hydrogen) atoms. The van der Waals surface area contributed by atoms with Crippen molar-refractivity contribution >= 4 is 68.4 Å². The fourth-order valence-corrected chi connectivity index (χ4v) is 11.0. The van der Waals surface area contributed by atoms with Gasteiger partial charge in [0.2, 0.25) is 0 Å². The summed E-state index contributed by atoms with van der Waals surface area (Å²) in [6.07, 6.45) is 4.70. The number of para-hydroxylation sites is 2. The fourth-order valence-electron chi connectivity index (χ4n) is 11.0. The Hall–Kier alpha value is -4.70. The third-order valence-corrected chi connectivity index (χ3v) is 14.5. The van der Waals surface area contributed by atoms with E-state index < -0.39 is 0 Å². The molecule has 278 valence electrons. The van der Waals surface area contributed by atoms with Gasteiger partial charge < -0.3 is 14.2 Å². The van der Waals surface area contributed by atoms with Gasteiger partial charge in [-0.15, -0.1) is 0 Å². The summed E-state index contributed by atoms with van der Waals surface area (Å²) in [6, 6.07) is 32.8. The monoisotopic (exact) mass is 722 g/mol. The Kier molecular flexibility index (Phi) is 7.09. The maximum absolute atomic E-state index is 7.48. The lowest BCUT2D eigenvalue weighted by Crippen LogP contribution is -2.61. The van der Waals surface area contributed by atoms with Crippen LogP contribution in [0.15, 0.2) is 89.3 Å². The largest absolute Gasteiger partial charge is 0.468 e. The van der Waals surface area contributed by atoms with Crippen LogP contribution in [0.4, 0.5) is 34.1 Å². The average Bonchev–Trinajstić information content (AvgIpc) is 3.51. The highest BCUT2D eigenvalue weighted by Crippen LogP contribution is 2.53. The molecule has 0 N–H and O–H groups in total. The maximum atomic E-state index is 7.48. The summed E-state index contributed by atoms with van der Waals surface area (Å²) in [5.74, 6) is 0. The van der Waals surface area contributed by atoms with Gasteiger partial charge in [0.15, 0.2) is 0 Å². The molecule has 2 aliphatic carbocycles. The molecule has 0 fully saturated rings. The van der Waals surface area contributed by atoms with Crippen LogP contribution in [0.5, 0.6) is 0 Å². The molecule has 4 aliphatic rings. The second kappa shape index (κ2) is 11.2. The minimum Gasteiger partial charge on any atom is -0.468 e. The second-order valence-corrected chi connectivity index (χ2v) is 20.0. The van der Waals surface area contributed by atoms with E-state index in [9.17, 15) is 0 Å². The van der Waals surface area contributed by atoms with Crippen molar-refractivity contribution in [1.29, 1.82) is 0 Å². The molecule has 5 aromatic carbocycles. The van der Waals surface area contributed by atoms with E-state index in [1.54, 1.807) is 0 Å². The van der Waals surface area contributed by atoms with Crippen LogP contribution in [0.2, 0.25) is 0 Å². The highest BCUT2D eigenvalue weighted by molar-refractivity contribution is 7.00. The van der Waals surface area contributed by atoms with Crippen molar-refractivity contribution in [2.24, 2.45) is 0 Å². The van der Waals surface area contributed by atoms with Gasteiger partial charge >= 0.3 is 0 Å². The highest BCUT2D eigenvalue weighted by Gasteiger charge is 2.49. The zero-order valence-electron chi connectivity index (χ0n) is 34.8. The number of benzene rings is 5. The number of aryl methyl sites for hydroxylation is 3. The predicted octanol–water partition coefficient (Wildman–Crippen LogP) is 12.1. The van der Waals surface area contributed by atoms with Gasteiger partial charge in [-0.1, -0.05) is 104 Å². The average molecular weight is 723 g/mol. The van der Waals surface area contributed by atoms with E-state index in [0.29, 0.717) is 0 Å². The summed E-state index contributed by atoms with van der Waals surface area (Å²) in [7, 11) is 0. The number of anilines is 6. The summed E-state index contributed by atoms with van der Waals surface area (Å²) in [5.41, 5.74) is 22.2. The first-order valence-corrected chi connectivity index (χ1v) is 20.7. The first kappa shape index (κ1) is 34.8. The quantitative estimate of drug-likeness (QED) is 0.166. The molecule has 2 aliphatic heterocycles. The molecule has 10 rings (SSSR count). The number of hydrogen-bond acceptors (Lipinski definition) is 3. The standard InChI is InChI=1S/C51H55BN2O/c1-30-16-12-13-19-39(30)53-40-20-15-21-41-44(40)52(47-46(53)33-26-34-37(29-43(33)55-47)51(10,11)25-22-48(34,4)5)38-27-35-36(50(8,9)24-23-49(35,6)7)28-42(38)54(41)45-31(2)17-14-18-32(45)3/h12-21,26-29H,22-25H2,1-11H3. The van der Waals surface area contributed by atoms with Gasteiger partial charge in [0, 0.05) is 28.1 Å². The number of rotatable bonds is 2. The molecule has 0 atom stereocenters. The topological polar surface area (TPSA) is 19.6 Å². The Bertz CT molecular complexity index is 2600. The predicted molar refractivity (Wildman–Crippen MR) is 235 cm³/mol. The smallest absolute Gasteiger partial charge is 0.297 e. The van der Waals surface area contributed by atoms with E-state index in [0.717, 1.165) is 11.2 Å². The zero-order chi connectivity index (χ0) is 38.6. The molecular formula is C51H55BN2O. The van der Waals surface area contributed by atoms with E-state index in [1.165, 1.54) is 115 Å². The molecule has 0 bridgehead atoms. The summed E-state index contributed by atoms with van der Waals surface area (Å²) in [5, 5.41) is 1.22. The van der Waals surface area contributed by atoms with Gasteiger partial charge in [-0.25, -0.2) is 0 Å². The van der Waals surface area contributed by atoms with Gasteiger partial charge in [0.25, 0.3) is 6.71 Å². The molecule has 0 radical (unpaired) electrons. The van der Waals surface area contributed by atoms with Crippen molar-refractivity contribution in [3.63, 3.8) is 0 Å². The maximum Gasteiger partial charge on any atom is 0.297 e. The Labute approximate surface area is 328 Å². The lowest BCUT2D eigenvalue weighted by molar-refractivity contribution is 0.332. The van der Waals surface area contributed by atoms with Crippen LogP contribution in [-0.2, 0) is 21.7 Å². The van der Waals surface area contributed by atoms with E-state index in [2.05, 4.69) is 171 Å². The summed E-state index contributed by atoms with van der Waals surface area (Å²) in [4.78, 5) is 5.17. The minimum absolute atomic E-state index is 0.0615.